The van der Waals surface area contributed by atoms with Gasteiger partial charge in [-0.05, 0) is 17.7 Å². The SMILES string of the molecule is OCC1OC[C@@H](c2ccc(F)cc2)[C@@H](O)[C@H]1O. The molecule has 1 aliphatic heterocycles. The Balaban J connectivity index is 2.15. The second-order valence-electron chi connectivity index (χ2n) is 4.19. The van der Waals surface area contributed by atoms with E-state index in [1.807, 2.05) is 0 Å². The van der Waals surface area contributed by atoms with Crippen LogP contribution in [0.2, 0.25) is 0 Å². The lowest BCUT2D eigenvalue weighted by Crippen LogP contribution is -2.50. The molecule has 1 saturated heterocycles. The molecule has 3 N–H and O–H groups in total. The first kappa shape index (κ1) is 12.4. The summed E-state index contributed by atoms with van der Waals surface area (Å²) in [7, 11) is 0. The summed E-state index contributed by atoms with van der Waals surface area (Å²) in [5.74, 6) is -0.762. The Morgan fingerprint density at radius 3 is 2.41 bits per heavy atom. The van der Waals surface area contributed by atoms with Crippen LogP contribution in [0, 0.1) is 5.82 Å². The van der Waals surface area contributed by atoms with Crippen LogP contribution in [-0.2, 0) is 4.74 Å². The minimum absolute atomic E-state index is 0.190. The molecule has 0 amide bonds. The standard InChI is InChI=1S/C12H15FO4/c13-8-3-1-7(2-4-8)9-6-17-10(5-14)12(16)11(9)15/h1-4,9-12,14-16H,5-6H2/t9-,10?,11+,12-/m0/s1. The zero-order valence-electron chi connectivity index (χ0n) is 9.16. The number of halogens is 1. The van der Waals surface area contributed by atoms with Crippen LogP contribution in [0.4, 0.5) is 4.39 Å². The Bertz CT molecular complexity index is 367. The normalized spacial score (nSPS) is 33.6. The molecule has 1 fully saturated rings. The van der Waals surface area contributed by atoms with Crippen LogP contribution >= 0.6 is 0 Å². The average Bonchev–Trinajstić information content (AvgIpc) is 2.34. The summed E-state index contributed by atoms with van der Waals surface area (Å²) in [6, 6.07) is 5.70. The molecule has 4 nitrogen and oxygen atoms in total. The minimum atomic E-state index is -1.14. The Kier molecular flexibility index (Phi) is 3.73. The molecule has 1 aromatic carbocycles. The van der Waals surface area contributed by atoms with E-state index in [4.69, 9.17) is 9.84 Å². The molecule has 0 radical (unpaired) electrons. The van der Waals surface area contributed by atoms with E-state index in [0.717, 1.165) is 0 Å². The largest absolute Gasteiger partial charge is 0.394 e. The molecule has 0 saturated carbocycles. The Hall–Kier alpha value is -1.01. The molecule has 1 aliphatic rings. The predicted molar refractivity (Wildman–Crippen MR) is 58.0 cm³/mol. The number of aliphatic hydroxyl groups is 3. The van der Waals surface area contributed by atoms with Gasteiger partial charge in [-0.2, -0.15) is 0 Å². The first-order valence-electron chi connectivity index (χ1n) is 5.47. The molecule has 2 rings (SSSR count). The van der Waals surface area contributed by atoms with Crippen molar-refractivity contribution in [2.45, 2.75) is 24.2 Å². The monoisotopic (exact) mass is 242 g/mol. The highest BCUT2D eigenvalue weighted by molar-refractivity contribution is 5.23. The van der Waals surface area contributed by atoms with Gasteiger partial charge in [-0.25, -0.2) is 4.39 Å². The maximum absolute atomic E-state index is 12.8. The summed E-state index contributed by atoms with van der Waals surface area (Å²) in [6.07, 6.45) is -2.92. The third-order valence-electron chi connectivity index (χ3n) is 3.11. The van der Waals surface area contributed by atoms with E-state index in [1.54, 1.807) is 12.1 Å². The van der Waals surface area contributed by atoms with Gasteiger partial charge in [0.2, 0.25) is 0 Å². The molecule has 1 heterocycles. The smallest absolute Gasteiger partial charge is 0.123 e. The summed E-state index contributed by atoms with van der Waals surface area (Å²) >= 11 is 0. The minimum Gasteiger partial charge on any atom is -0.394 e. The van der Waals surface area contributed by atoms with E-state index in [1.165, 1.54) is 12.1 Å². The zero-order valence-corrected chi connectivity index (χ0v) is 9.16. The van der Waals surface area contributed by atoms with E-state index in [9.17, 15) is 14.6 Å². The van der Waals surface area contributed by atoms with Crippen LogP contribution in [0.5, 0.6) is 0 Å². The van der Waals surface area contributed by atoms with Gasteiger partial charge >= 0.3 is 0 Å². The van der Waals surface area contributed by atoms with Gasteiger partial charge in [0.25, 0.3) is 0 Å². The van der Waals surface area contributed by atoms with Crippen LogP contribution < -0.4 is 0 Å². The van der Waals surface area contributed by atoms with Gasteiger partial charge in [0.1, 0.15) is 18.0 Å². The lowest BCUT2D eigenvalue weighted by Gasteiger charge is -2.37. The molecule has 0 aliphatic carbocycles. The van der Waals surface area contributed by atoms with E-state index in [-0.39, 0.29) is 19.0 Å². The van der Waals surface area contributed by atoms with E-state index < -0.39 is 24.2 Å². The van der Waals surface area contributed by atoms with Crippen LogP contribution in [-0.4, -0.2) is 46.8 Å². The summed E-state index contributed by atoms with van der Waals surface area (Å²) in [5, 5.41) is 28.6. The van der Waals surface area contributed by atoms with Gasteiger partial charge in [-0.1, -0.05) is 12.1 Å². The van der Waals surface area contributed by atoms with Gasteiger partial charge < -0.3 is 20.1 Å². The molecule has 94 valence electrons. The topological polar surface area (TPSA) is 69.9 Å². The third-order valence-corrected chi connectivity index (χ3v) is 3.11. The predicted octanol–water partition coefficient (Wildman–Crippen LogP) is 0.0222. The van der Waals surface area contributed by atoms with E-state index >= 15 is 0 Å². The summed E-state index contributed by atoms with van der Waals surface area (Å²) in [6.45, 7) is -0.149. The van der Waals surface area contributed by atoms with Crippen molar-refractivity contribution in [1.82, 2.24) is 0 Å². The van der Waals surface area contributed by atoms with Crippen molar-refractivity contribution in [3.8, 4) is 0 Å². The van der Waals surface area contributed by atoms with E-state index in [2.05, 4.69) is 0 Å². The van der Waals surface area contributed by atoms with Crippen molar-refractivity contribution < 1.29 is 24.4 Å². The van der Waals surface area contributed by atoms with Crippen molar-refractivity contribution >= 4 is 0 Å². The highest BCUT2D eigenvalue weighted by atomic mass is 19.1. The molecule has 0 bridgehead atoms. The number of rotatable bonds is 2. The lowest BCUT2D eigenvalue weighted by atomic mass is 9.87. The lowest BCUT2D eigenvalue weighted by molar-refractivity contribution is -0.158. The van der Waals surface area contributed by atoms with Gasteiger partial charge in [0.15, 0.2) is 0 Å². The Morgan fingerprint density at radius 2 is 1.82 bits per heavy atom. The molecular formula is C12H15FO4. The second kappa shape index (κ2) is 5.10. The van der Waals surface area contributed by atoms with E-state index in [0.29, 0.717) is 5.56 Å². The number of ether oxygens (including phenoxy) is 1. The van der Waals surface area contributed by atoms with Crippen molar-refractivity contribution in [3.63, 3.8) is 0 Å². The summed E-state index contributed by atoms with van der Waals surface area (Å²) < 4.78 is 18.0. The first-order chi connectivity index (χ1) is 8.13. The maximum atomic E-state index is 12.8. The number of aliphatic hydroxyl groups excluding tert-OH is 3. The Morgan fingerprint density at radius 1 is 1.18 bits per heavy atom. The van der Waals surface area contributed by atoms with Crippen LogP contribution in [0.3, 0.4) is 0 Å². The van der Waals surface area contributed by atoms with Crippen LogP contribution in [0.25, 0.3) is 0 Å². The quantitative estimate of drug-likeness (QED) is 0.684. The molecule has 1 unspecified atom stereocenters. The average molecular weight is 242 g/mol. The van der Waals surface area contributed by atoms with Crippen LogP contribution in [0.15, 0.2) is 24.3 Å². The second-order valence-corrected chi connectivity index (χ2v) is 4.19. The highest BCUT2D eigenvalue weighted by Gasteiger charge is 2.38. The first-order valence-corrected chi connectivity index (χ1v) is 5.47. The third kappa shape index (κ3) is 2.47. The van der Waals surface area contributed by atoms with Crippen molar-refractivity contribution in [3.05, 3.63) is 35.6 Å². The molecule has 1 aromatic rings. The Labute approximate surface area is 98.3 Å². The van der Waals surface area contributed by atoms with Crippen molar-refractivity contribution in [1.29, 1.82) is 0 Å². The van der Waals surface area contributed by atoms with Crippen LogP contribution in [0.1, 0.15) is 11.5 Å². The maximum Gasteiger partial charge on any atom is 0.123 e. The molecule has 0 aromatic heterocycles. The van der Waals surface area contributed by atoms with Gasteiger partial charge in [0, 0.05) is 5.92 Å². The molecule has 4 atom stereocenters. The fourth-order valence-electron chi connectivity index (χ4n) is 2.05. The zero-order chi connectivity index (χ0) is 12.4. The molecule has 17 heavy (non-hydrogen) atoms. The highest BCUT2D eigenvalue weighted by Crippen LogP contribution is 2.29. The van der Waals surface area contributed by atoms with Gasteiger partial charge in [0.05, 0.1) is 19.3 Å². The molecular weight excluding hydrogens is 227 g/mol. The fraction of sp³-hybridized carbons (Fsp3) is 0.500. The fourth-order valence-corrected chi connectivity index (χ4v) is 2.05. The van der Waals surface area contributed by atoms with Gasteiger partial charge in [-0.15, -0.1) is 0 Å². The number of hydrogen-bond acceptors (Lipinski definition) is 4. The van der Waals surface area contributed by atoms with Crippen molar-refractivity contribution in [2.24, 2.45) is 0 Å². The number of benzene rings is 1. The van der Waals surface area contributed by atoms with Crippen molar-refractivity contribution in [2.75, 3.05) is 13.2 Å². The summed E-state index contributed by atoms with van der Waals surface area (Å²) in [5.41, 5.74) is 0.703. The van der Waals surface area contributed by atoms with Gasteiger partial charge in [-0.3, -0.25) is 0 Å². The summed E-state index contributed by atoms with van der Waals surface area (Å²) in [4.78, 5) is 0. The molecule has 5 heteroatoms. The molecule has 0 spiro atoms. The number of hydrogen-bond donors (Lipinski definition) is 3.